The molecule has 10 heteroatoms. The number of rotatable bonds is 6. The minimum absolute atomic E-state index is 0.0156. The summed E-state index contributed by atoms with van der Waals surface area (Å²) in [5.74, 6) is -0.380. The van der Waals surface area contributed by atoms with Crippen LogP contribution in [0.5, 0.6) is 0 Å². The Morgan fingerprint density at radius 2 is 1.73 bits per heavy atom. The summed E-state index contributed by atoms with van der Waals surface area (Å²) in [5, 5.41) is 9.08. The molecule has 0 aliphatic carbocycles. The first-order chi connectivity index (χ1) is 12.2. The number of para-hydroxylation sites is 1. The van der Waals surface area contributed by atoms with E-state index < -0.39 is 20.0 Å². The minimum Gasteiger partial charge on any atom is -0.280 e. The first-order valence-corrected chi connectivity index (χ1v) is 10.7. The molecule has 0 radical (unpaired) electrons. The number of benzene rings is 2. The first-order valence-electron chi connectivity index (χ1n) is 7.45. The van der Waals surface area contributed by atoms with Crippen LogP contribution in [0.4, 0.5) is 5.69 Å². The van der Waals surface area contributed by atoms with Gasteiger partial charge in [-0.3, -0.25) is 4.72 Å². The summed E-state index contributed by atoms with van der Waals surface area (Å²) in [5.41, 5.74) is 1.34. The molecule has 0 unspecified atom stereocenters. The molecule has 0 atom stereocenters. The van der Waals surface area contributed by atoms with E-state index in [-0.39, 0.29) is 16.3 Å². The molecule has 0 spiro atoms. The number of nitrogens with two attached hydrogens (primary N) is 1. The molecule has 0 bridgehead atoms. The number of aromatic nitrogens is 2. The van der Waals surface area contributed by atoms with Crippen molar-refractivity contribution >= 4 is 25.7 Å². The summed E-state index contributed by atoms with van der Waals surface area (Å²) in [6.07, 6.45) is 2.63. The molecule has 0 saturated carbocycles. The zero-order valence-corrected chi connectivity index (χ0v) is 15.1. The van der Waals surface area contributed by atoms with Crippen LogP contribution in [0.15, 0.2) is 71.9 Å². The van der Waals surface area contributed by atoms with E-state index in [4.69, 9.17) is 5.14 Å². The maximum absolute atomic E-state index is 12.5. The van der Waals surface area contributed by atoms with Gasteiger partial charge < -0.3 is 0 Å². The lowest BCUT2D eigenvalue weighted by Crippen LogP contribution is -2.15. The van der Waals surface area contributed by atoms with E-state index in [1.165, 1.54) is 29.2 Å². The van der Waals surface area contributed by atoms with Crippen molar-refractivity contribution in [2.75, 3.05) is 4.72 Å². The molecule has 0 saturated heterocycles. The first kappa shape index (κ1) is 18.1. The predicted octanol–water partition coefficient (Wildman–Crippen LogP) is 1.46. The van der Waals surface area contributed by atoms with Crippen LogP contribution in [0.3, 0.4) is 0 Å². The highest BCUT2D eigenvalue weighted by molar-refractivity contribution is 7.92. The third-order valence-corrected chi connectivity index (χ3v) is 5.51. The van der Waals surface area contributed by atoms with Crippen LogP contribution in [0.25, 0.3) is 5.69 Å². The molecular formula is C16H16N4O4S2. The molecule has 3 N–H and O–H groups in total. The van der Waals surface area contributed by atoms with E-state index in [1.807, 2.05) is 18.2 Å². The van der Waals surface area contributed by atoms with Crippen molar-refractivity contribution in [1.82, 2.24) is 9.78 Å². The Kier molecular flexibility index (Phi) is 4.81. The van der Waals surface area contributed by atoms with E-state index in [1.54, 1.807) is 24.3 Å². The molecule has 0 aliphatic heterocycles. The fraction of sp³-hybridized carbons (Fsp3) is 0.0625. The summed E-state index contributed by atoms with van der Waals surface area (Å²) in [7, 11) is -7.58. The van der Waals surface area contributed by atoms with Gasteiger partial charge in [-0.2, -0.15) is 5.10 Å². The van der Waals surface area contributed by atoms with Gasteiger partial charge in [0.1, 0.15) is 4.90 Å². The largest absolute Gasteiger partial charge is 0.280 e. The molecular weight excluding hydrogens is 376 g/mol. The minimum atomic E-state index is -3.87. The molecule has 1 aromatic heterocycles. The zero-order valence-electron chi connectivity index (χ0n) is 13.5. The quantitative estimate of drug-likeness (QED) is 0.657. The van der Waals surface area contributed by atoms with Crippen molar-refractivity contribution < 1.29 is 16.8 Å². The maximum Gasteiger partial charge on any atom is 0.265 e. The van der Waals surface area contributed by atoms with Gasteiger partial charge in [0.2, 0.25) is 10.0 Å². The Labute approximate surface area is 151 Å². The van der Waals surface area contributed by atoms with Crippen molar-refractivity contribution in [1.29, 1.82) is 0 Å². The lowest BCUT2D eigenvalue weighted by atomic mass is 10.2. The molecule has 8 nitrogen and oxygen atoms in total. The topological polar surface area (TPSA) is 124 Å². The predicted molar refractivity (Wildman–Crippen MR) is 97.6 cm³/mol. The van der Waals surface area contributed by atoms with Gasteiger partial charge in [0.15, 0.2) is 0 Å². The zero-order chi connectivity index (χ0) is 18.8. The van der Waals surface area contributed by atoms with Crippen molar-refractivity contribution in [3.05, 3.63) is 72.6 Å². The fourth-order valence-electron chi connectivity index (χ4n) is 2.34. The molecule has 1 heterocycles. The second-order valence-corrected chi connectivity index (χ2v) is 8.87. The van der Waals surface area contributed by atoms with Crippen LogP contribution in [0, 0.1) is 0 Å². The number of hydrogen-bond acceptors (Lipinski definition) is 5. The van der Waals surface area contributed by atoms with Gasteiger partial charge in [-0.15, -0.1) is 0 Å². The molecule has 136 valence electrons. The van der Waals surface area contributed by atoms with E-state index in [9.17, 15) is 16.8 Å². The summed E-state index contributed by atoms with van der Waals surface area (Å²) < 4.78 is 51.3. The maximum atomic E-state index is 12.5. The molecule has 0 amide bonds. The van der Waals surface area contributed by atoms with Gasteiger partial charge in [0.25, 0.3) is 10.0 Å². The van der Waals surface area contributed by atoms with Crippen LogP contribution in [0.1, 0.15) is 5.56 Å². The highest BCUT2D eigenvalue weighted by Crippen LogP contribution is 2.19. The smallest absolute Gasteiger partial charge is 0.265 e. The Bertz CT molecular complexity index is 1120. The Hall–Kier alpha value is -2.69. The van der Waals surface area contributed by atoms with Crippen LogP contribution >= 0.6 is 0 Å². The number of anilines is 1. The van der Waals surface area contributed by atoms with E-state index >= 15 is 0 Å². The van der Waals surface area contributed by atoms with Crippen LogP contribution in [-0.4, -0.2) is 26.6 Å². The van der Waals surface area contributed by atoms with Gasteiger partial charge in [-0.05, 0) is 29.8 Å². The monoisotopic (exact) mass is 392 g/mol. The van der Waals surface area contributed by atoms with Crippen LogP contribution in [-0.2, 0) is 25.8 Å². The fourth-order valence-corrected chi connectivity index (χ4v) is 3.96. The summed E-state index contributed by atoms with van der Waals surface area (Å²) in [6.45, 7) is 0. The number of primary sulfonamides is 1. The molecule has 26 heavy (non-hydrogen) atoms. The molecule has 0 aliphatic rings. The summed E-state index contributed by atoms with van der Waals surface area (Å²) in [4.78, 5) is -0.0156. The van der Waals surface area contributed by atoms with Crippen molar-refractivity contribution in [3.8, 4) is 5.69 Å². The molecule has 2 aromatic carbocycles. The van der Waals surface area contributed by atoms with Crippen molar-refractivity contribution in [2.24, 2.45) is 5.14 Å². The third-order valence-electron chi connectivity index (χ3n) is 3.44. The lowest BCUT2D eigenvalue weighted by Gasteiger charge is -2.08. The second kappa shape index (κ2) is 6.90. The van der Waals surface area contributed by atoms with Crippen LogP contribution in [0.2, 0.25) is 0 Å². The average Bonchev–Trinajstić information content (AvgIpc) is 3.05. The second-order valence-electron chi connectivity index (χ2n) is 5.57. The number of sulfonamides is 2. The third kappa shape index (κ3) is 4.48. The molecule has 3 aromatic rings. The van der Waals surface area contributed by atoms with E-state index in [0.717, 1.165) is 5.69 Å². The van der Waals surface area contributed by atoms with E-state index in [2.05, 4.69) is 9.82 Å². The number of nitrogens with one attached hydrogen (secondary N) is 1. The Balaban J connectivity index is 1.84. The van der Waals surface area contributed by atoms with E-state index in [0.29, 0.717) is 5.56 Å². The van der Waals surface area contributed by atoms with Crippen molar-refractivity contribution in [2.45, 2.75) is 10.6 Å². The van der Waals surface area contributed by atoms with Crippen LogP contribution < -0.4 is 9.86 Å². The highest BCUT2D eigenvalue weighted by Gasteiger charge is 2.17. The van der Waals surface area contributed by atoms with Gasteiger partial charge in [0.05, 0.1) is 23.8 Å². The lowest BCUT2D eigenvalue weighted by molar-refractivity contribution is 0.596. The number of nitrogens with zero attached hydrogens (tertiary/aromatic N) is 2. The molecule has 0 fully saturated rings. The summed E-state index contributed by atoms with van der Waals surface area (Å²) in [6, 6.07) is 15.1. The van der Waals surface area contributed by atoms with Crippen molar-refractivity contribution in [3.63, 3.8) is 0 Å². The highest BCUT2D eigenvalue weighted by atomic mass is 32.2. The Morgan fingerprint density at radius 1 is 1.00 bits per heavy atom. The van der Waals surface area contributed by atoms with Gasteiger partial charge in [-0.1, -0.05) is 30.3 Å². The number of hydrogen-bond donors (Lipinski definition) is 2. The summed E-state index contributed by atoms with van der Waals surface area (Å²) >= 11 is 0. The SMILES string of the molecule is NS(=O)(=O)Cc1cccc(NS(=O)(=O)c2cnn(-c3ccccc3)c2)c1. The van der Waals surface area contributed by atoms with Gasteiger partial charge >= 0.3 is 0 Å². The normalized spacial score (nSPS) is 12.0. The average molecular weight is 392 g/mol. The van der Waals surface area contributed by atoms with Gasteiger partial charge in [0, 0.05) is 5.69 Å². The standard InChI is InChI=1S/C16H16N4O4S2/c17-25(21,22)12-13-5-4-6-14(9-13)19-26(23,24)16-10-18-20(11-16)15-7-2-1-3-8-15/h1-11,19H,12H2,(H2,17,21,22). The Morgan fingerprint density at radius 3 is 2.42 bits per heavy atom. The van der Waals surface area contributed by atoms with Gasteiger partial charge in [-0.25, -0.2) is 26.7 Å². The molecule has 3 rings (SSSR count).